The number of unbranched alkanes of at least 4 members (excludes halogenated alkanes) is 1. The molecule has 0 saturated carbocycles. The summed E-state index contributed by atoms with van der Waals surface area (Å²) in [7, 11) is -3.93. The molecular formula is C23H34ClN3O5S. The molecule has 1 heterocycles. The fraction of sp³-hybridized carbons (Fsp3) is 0.565. The third-order valence-corrected chi connectivity index (χ3v) is 7.38. The lowest BCUT2D eigenvalue weighted by Crippen LogP contribution is -2.45. The van der Waals surface area contributed by atoms with Crippen molar-refractivity contribution in [1.29, 1.82) is 0 Å². The van der Waals surface area contributed by atoms with Crippen LogP contribution in [0.25, 0.3) is 0 Å². The van der Waals surface area contributed by atoms with Crippen molar-refractivity contribution in [2.24, 2.45) is 5.92 Å². The van der Waals surface area contributed by atoms with Crippen molar-refractivity contribution in [3.8, 4) is 0 Å². The summed E-state index contributed by atoms with van der Waals surface area (Å²) in [6, 6.07) is 5.45. The number of carbonyl (C=O) groups excluding carboxylic acids is 1. The van der Waals surface area contributed by atoms with Crippen LogP contribution in [0.3, 0.4) is 0 Å². The fourth-order valence-electron chi connectivity index (χ4n) is 3.42. The zero-order valence-electron chi connectivity index (χ0n) is 19.7. The second-order valence-corrected chi connectivity index (χ2v) is 10.1. The van der Waals surface area contributed by atoms with E-state index in [4.69, 9.17) is 16.3 Å². The average Bonchev–Trinajstić information content (AvgIpc) is 3.09. The van der Waals surface area contributed by atoms with Crippen molar-refractivity contribution < 1.29 is 23.1 Å². The molecular weight excluding hydrogens is 466 g/mol. The Morgan fingerprint density at radius 1 is 1.24 bits per heavy atom. The van der Waals surface area contributed by atoms with Gasteiger partial charge in [0.2, 0.25) is 10.0 Å². The lowest BCUT2D eigenvalue weighted by Gasteiger charge is -2.22. The molecule has 10 heteroatoms. The standard InChI is InChI=1S/C23H34ClN3O5S/c1-5-8-9-20-25-22(24)19(15-28)27(20)14-17-10-12-18(13-11-17)33(30,31)26-21(16(4)6-2)23(29)32-7-3/h10-13,16,21,26,28H,5-9,14-15H2,1-4H3/t16-,21-/m1/s1. The Labute approximate surface area is 201 Å². The number of aryl methyl sites for hydroxylation is 1. The number of rotatable bonds is 13. The Hall–Kier alpha value is -1.94. The molecule has 33 heavy (non-hydrogen) atoms. The van der Waals surface area contributed by atoms with E-state index in [1.165, 1.54) is 12.1 Å². The molecule has 0 fully saturated rings. The first-order valence-corrected chi connectivity index (χ1v) is 13.2. The van der Waals surface area contributed by atoms with Gasteiger partial charge >= 0.3 is 5.97 Å². The average molecular weight is 500 g/mol. The Morgan fingerprint density at radius 2 is 1.91 bits per heavy atom. The van der Waals surface area contributed by atoms with Gasteiger partial charge in [0.1, 0.15) is 11.9 Å². The number of aromatic nitrogens is 2. The molecule has 2 aromatic rings. The topological polar surface area (TPSA) is 111 Å². The Kier molecular flexibility index (Phi) is 10.3. The number of halogens is 1. The minimum atomic E-state index is -3.93. The molecule has 1 aromatic heterocycles. The predicted molar refractivity (Wildman–Crippen MR) is 128 cm³/mol. The van der Waals surface area contributed by atoms with Crippen LogP contribution in [0.15, 0.2) is 29.2 Å². The van der Waals surface area contributed by atoms with Gasteiger partial charge < -0.3 is 14.4 Å². The number of imidazole rings is 1. The lowest BCUT2D eigenvalue weighted by atomic mass is 10.0. The molecule has 1 aromatic carbocycles. The molecule has 0 spiro atoms. The van der Waals surface area contributed by atoms with Gasteiger partial charge in [0.15, 0.2) is 5.15 Å². The SMILES string of the molecule is CCCCc1nc(Cl)c(CO)n1Cc1ccc(S(=O)(=O)N[C@@H](C(=O)OCC)[C@H](C)CC)cc1. The molecule has 0 aliphatic heterocycles. The Morgan fingerprint density at radius 3 is 2.45 bits per heavy atom. The van der Waals surface area contributed by atoms with E-state index in [9.17, 15) is 18.3 Å². The second kappa shape index (κ2) is 12.5. The molecule has 2 N–H and O–H groups in total. The summed E-state index contributed by atoms with van der Waals surface area (Å²) < 4.78 is 35.3. The fourth-order valence-corrected chi connectivity index (χ4v) is 4.98. The van der Waals surface area contributed by atoms with Crippen LogP contribution in [0.4, 0.5) is 0 Å². The number of benzene rings is 1. The van der Waals surface area contributed by atoms with Crippen LogP contribution in [-0.4, -0.2) is 41.7 Å². The second-order valence-electron chi connectivity index (χ2n) is 7.99. The number of ether oxygens (including phenoxy) is 1. The largest absolute Gasteiger partial charge is 0.465 e. The highest BCUT2D eigenvalue weighted by molar-refractivity contribution is 7.89. The van der Waals surface area contributed by atoms with Gasteiger partial charge in [-0.05, 0) is 37.0 Å². The predicted octanol–water partition coefficient (Wildman–Crippen LogP) is 3.68. The molecule has 0 aliphatic rings. The molecule has 0 aliphatic carbocycles. The molecule has 8 nitrogen and oxygen atoms in total. The van der Waals surface area contributed by atoms with E-state index in [-0.39, 0.29) is 29.2 Å². The lowest BCUT2D eigenvalue weighted by molar-refractivity contribution is -0.146. The summed E-state index contributed by atoms with van der Waals surface area (Å²) in [5, 5.41) is 10.0. The van der Waals surface area contributed by atoms with Gasteiger partial charge in [-0.25, -0.2) is 13.4 Å². The third-order valence-electron chi connectivity index (χ3n) is 5.62. The van der Waals surface area contributed by atoms with Crippen LogP contribution in [0.2, 0.25) is 5.15 Å². The van der Waals surface area contributed by atoms with Crippen molar-refractivity contribution in [3.05, 3.63) is 46.5 Å². The summed E-state index contributed by atoms with van der Waals surface area (Å²) in [5.74, 6) is -0.0159. The minimum absolute atomic E-state index is 0.0566. The zero-order chi connectivity index (χ0) is 24.6. The number of hydrogen-bond donors (Lipinski definition) is 2. The molecule has 0 radical (unpaired) electrons. The smallest absolute Gasteiger partial charge is 0.324 e. The Bertz CT molecular complexity index is 1020. The summed E-state index contributed by atoms with van der Waals surface area (Å²) in [5.41, 5.74) is 1.37. The van der Waals surface area contributed by atoms with Crippen LogP contribution in [0.1, 0.15) is 64.0 Å². The Balaban J connectivity index is 2.25. The number of nitrogens with zero attached hydrogens (tertiary/aromatic N) is 2. The number of aliphatic hydroxyl groups excluding tert-OH is 1. The van der Waals surface area contributed by atoms with E-state index in [1.807, 2.05) is 11.5 Å². The maximum Gasteiger partial charge on any atom is 0.324 e. The number of nitrogens with one attached hydrogen (secondary N) is 1. The first-order chi connectivity index (χ1) is 15.7. The van der Waals surface area contributed by atoms with Crippen LogP contribution >= 0.6 is 11.6 Å². The molecule has 184 valence electrons. The van der Waals surface area contributed by atoms with E-state index in [0.29, 0.717) is 18.7 Å². The monoisotopic (exact) mass is 499 g/mol. The molecule has 2 atom stereocenters. The number of aliphatic hydroxyl groups is 1. The van der Waals surface area contributed by atoms with E-state index in [2.05, 4.69) is 16.6 Å². The highest BCUT2D eigenvalue weighted by Gasteiger charge is 2.30. The summed E-state index contributed by atoms with van der Waals surface area (Å²) in [6.07, 6.45) is 3.30. The maximum atomic E-state index is 12.9. The van der Waals surface area contributed by atoms with Gasteiger partial charge in [-0.3, -0.25) is 4.79 Å². The summed E-state index contributed by atoms with van der Waals surface area (Å²) in [6.45, 7) is 7.80. The van der Waals surface area contributed by atoms with E-state index in [0.717, 1.165) is 30.7 Å². The van der Waals surface area contributed by atoms with Gasteiger partial charge in [-0.15, -0.1) is 0 Å². The quantitative estimate of drug-likeness (QED) is 0.407. The molecule has 0 amide bonds. The van der Waals surface area contributed by atoms with Gasteiger partial charge in [0.25, 0.3) is 0 Å². The maximum absolute atomic E-state index is 12.9. The van der Waals surface area contributed by atoms with Crippen molar-refractivity contribution in [1.82, 2.24) is 14.3 Å². The number of carbonyl (C=O) groups is 1. The first kappa shape index (κ1) is 27.3. The van der Waals surface area contributed by atoms with Crippen LogP contribution < -0.4 is 4.72 Å². The van der Waals surface area contributed by atoms with Crippen molar-refractivity contribution in [2.45, 2.75) is 77.5 Å². The van der Waals surface area contributed by atoms with Crippen LogP contribution in [0, 0.1) is 5.92 Å². The summed E-state index contributed by atoms with van der Waals surface area (Å²) >= 11 is 6.20. The third kappa shape index (κ3) is 7.02. The molecule has 0 bridgehead atoms. The summed E-state index contributed by atoms with van der Waals surface area (Å²) in [4.78, 5) is 16.7. The van der Waals surface area contributed by atoms with E-state index >= 15 is 0 Å². The van der Waals surface area contributed by atoms with Gasteiger partial charge in [-0.1, -0.05) is 57.3 Å². The first-order valence-electron chi connectivity index (χ1n) is 11.3. The van der Waals surface area contributed by atoms with Gasteiger partial charge in [0.05, 0.1) is 23.8 Å². The minimum Gasteiger partial charge on any atom is -0.465 e. The number of sulfonamides is 1. The van der Waals surface area contributed by atoms with Crippen molar-refractivity contribution >= 4 is 27.6 Å². The van der Waals surface area contributed by atoms with E-state index < -0.39 is 22.0 Å². The zero-order valence-corrected chi connectivity index (χ0v) is 21.2. The van der Waals surface area contributed by atoms with Crippen molar-refractivity contribution in [3.63, 3.8) is 0 Å². The normalized spacial score (nSPS) is 13.6. The molecule has 2 rings (SSSR count). The van der Waals surface area contributed by atoms with Crippen LogP contribution in [0.5, 0.6) is 0 Å². The van der Waals surface area contributed by atoms with Gasteiger partial charge in [0, 0.05) is 13.0 Å². The number of esters is 1. The molecule has 0 saturated heterocycles. The molecule has 0 unspecified atom stereocenters. The highest BCUT2D eigenvalue weighted by atomic mass is 35.5. The van der Waals surface area contributed by atoms with Crippen LogP contribution in [-0.2, 0) is 39.1 Å². The highest BCUT2D eigenvalue weighted by Crippen LogP contribution is 2.22. The van der Waals surface area contributed by atoms with Crippen molar-refractivity contribution in [2.75, 3.05) is 6.61 Å². The number of hydrogen-bond acceptors (Lipinski definition) is 6. The van der Waals surface area contributed by atoms with Gasteiger partial charge in [-0.2, -0.15) is 4.72 Å². The van der Waals surface area contributed by atoms with E-state index in [1.54, 1.807) is 26.0 Å².